The highest BCUT2D eigenvalue weighted by molar-refractivity contribution is 5.92. The number of hydrogen-bond donors (Lipinski definition) is 2. The van der Waals surface area contributed by atoms with Crippen LogP contribution in [0.25, 0.3) is 21.8 Å². The predicted octanol–water partition coefficient (Wildman–Crippen LogP) is 2.32. The molecule has 1 aromatic carbocycles. The molecule has 120 valence electrons. The van der Waals surface area contributed by atoms with Crippen LogP contribution in [0.3, 0.4) is 0 Å². The molecule has 0 atom stereocenters. The van der Waals surface area contributed by atoms with Crippen molar-refractivity contribution in [2.45, 2.75) is 0 Å². The molecule has 0 radical (unpaired) electrons. The minimum absolute atomic E-state index is 0.0811. The number of furan rings is 1. The molecule has 2 N–H and O–H groups in total. The number of benzene rings is 1. The molecule has 0 spiro atoms. The largest absolute Gasteiger partial charge is 0.451 e. The number of rotatable bonds is 7. The van der Waals surface area contributed by atoms with E-state index in [1.165, 1.54) is 11.0 Å². The van der Waals surface area contributed by atoms with Gasteiger partial charge in [-0.3, -0.25) is 4.79 Å². The van der Waals surface area contributed by atoms with Crippen LogP contribution in [0.4, 0.5) is 5.69 Å². The van der Waals surface area contributed by atoms with E-state index in [2.05, 4.69) is 10.0 Å². The first-order valence-corrected chi connectivity index (χ1v) is 6.96. The second kappa shape index (κ2) is 8.00. The van der Waals surface area contributed by atoms with Gasteiger partial charge in [-0.1, -0.05) is 29.4 Å². The van der Waals surface area contributed by atoms with Crippen molar-refractivity contribution in [3.8, 4) is 11.3 Å². The zero-order valence-electron chi connectivity index (χ0n) is 12.3. The summed E-state index contributed by atoms with van der Waals surface area (Å²) in [5.41, 5.74) is 9.56. The van der Waals surface area contributed by atoms with Crippen molar-refractivity contribution in [3.63, 3.8) is 0 Å². The van der Waals surface area contributed by atoms with Gasteiger partial charge >= 0.3 is 0 Å². The van der Waals surface area contributed by atoms with Gasteiger partial charge in [0.15, 0.2) is 5.76 Å². The molecule has 8 heteroatoms. The molecule has 0 saturated carbocycles. The summed E-state index contributed by atoms with van der Waals surface area (Å²) in [5.74, 6) is 0.0440. The summed E-state index contributed by atoms with van der Waals surface area (Å²) in [6.45, 7) is -0.215. The Kier molecular flexibility index (Phi) is 5.76. The zero-order valence-corrected chi connectivity index (χ0v) is 12.3. The monoisotopic (exact) mass is 316 g/mol. The maximum Gasteiger partial charge on any atom is 0.289 e. The van der Waals surface area contributed by atoms with E-state index < -0.39 is 5.91 Å². The lowest BCUT2D eigenvalue weighted by Crippen LogP contribution is -2.35. The molecule has 8 nitrogen and oxygen atoms in total. The molecule has 0 saturated heterocycles. The predicted molar refractivity (Wildman–Crippen MR) is 83.0 cm³/mol. The Hall–Kier alpha value is -2.80. The van der Waals surface area contributed by atoms with Gasteiger partial charge in [0, 0.05) is 29.3 Å². The van der Waals surface area contributed by atoms with E-state index in [0.29, 0.717) is 17.0 Å². The Bertz CT molecular complexity index is 716. The number of hydrogen-bond acceptors (Lipinski definition) is 5. The summed E-state index contributed by atoms with van der Waals surface area (Å²) in [6, 6.07) is 9.97. The first-order valence-electron chi connectivity index (χ1n) is 6.96. The van der Waals surface area contributed by atoms with E-state index in [0.717, 1.165) is 0 Å². The Balaban J connectivity index is 2.30. The zero-order chi connectivity index (χ0) is 16.7. The number of carbonyl (C=O) groups is 1. The quantitative estimate of drug-likeness (QED) is 0.462. The van der Waals surface area contributed by atoms with E-state index in [9.17, 15) is 4.79 Å². The lowest BCUT2D eigenvalue weighted by atomic mass is 10.1. The van der Waals surface area contributed by atoms with Crippen molar-refractivity contribution >= 4 is 11.6 Å². The van der Waals surface area contributed by atoms with Crippen molar-refractivity contribution in [2.24, 2.45) is 5.11 Å². The minimum Gasteiger partial charge on any atom is -0.451 e. The Morgan fingerprint density at radius 3 is 2.52 bits per heavy atom. The van der Waals surface area contributed by atoms with Crippen LogP contribution in [0.5, 0.6) is 0 Å². The lowest BCUT2D eigenvalue weighted by Gasteiger charge is -2.19. The van der Waals surface area contributed by atoms with Crippen LogP contribution >= 0.6 is 0 Å². The molecule has 0 aliphatic carbocycles. The van der Waals surface area contributed by atoms with Crippen LogP contribution in [0.2, 0.25) is 0 Å². The molecule has 1 aromatic heterocycles. The molecule has 23 heavy (non-hydrogen) atoms. The fraction of sp³-hybridized carbons (Fsp3) is 0.267. The number of azide groups is 1. The summed E-state index contributed by atoms with van der Waals surface area (Å²) in [4.78, 5) is 16.4. The van der Waals surface area contributed by atoms with Gasteiger partial charge in [-0.25, -0.2) is 0 Å². The number of nitrogens with zero attached hydrogens (tertiary/aromatic N) is 4. The highest BCUT2D eigenvalue weighted by Crippen LogP contribution is 2.31. The molecule has 1 heterocycles. The average molecular weight is 316 g/mol. The molecule has 0 bridgehead atoms. The molecule has 2 rings (SSSR count). The Morgan fingerprint density at radius 2 is 1.87 bits per heavy atom. The Labute approximate surface area is 132 Å². The van der Waals surface area contributed by atoms with Crippen molar-refractivity contribution in [1.82, 2.24) is 4.90 Å². The fourth-order valence-corrected chi connectivity index (χ4v) is 2.13. The third-order valence-corrected chi connectivity index (χ3v) is 3.17. The topological polar surface area (TPSA) is 123 Å². The molecule has 0 aliphatic rings. The maximum absolute atomic E-state index is 12.3. The number of amides is 1. The minimum atomic E-state index is -0.430. The van der Waals surface area contributed by atoms with E-state index in [4.69, 9.17) is 20.2 Å². The average Bonchev–Trinajstić information content (AvgIpc) is 3.04. The summed E-state index contributed by atoms with van der Waals surface area (Å²) < 4.78 is 5.55. The van der Waals surface area contributed by atoms with Crippen molar-refractivity contribution in [3.05, 3.63) is 52.6 Å². The summed E-state index contributed by atoms with van der Waals surface area (Å²) in [6.07, 6.45) is 0. The second-order valence-corrected chi connectivity index (χ2v) is 4.61. The van der Waals surface area contributed by atoms with Crippen LogP contribution in [0.1, 0.15) is 10.6 Å². The van der Waals surface area contributed by atoms with E-state index in [1.807, 2.05) is 0 Å². The molecule has 2 aromatic rings. The van der Waals surface area contributed by atoms with Gasteiger partial charge in [0.05, 0.1) is 13.2 Å². The van der Waals surface area contributed by atoms with Crippen LogP contribution in [0.15, 0.2) is 45.9 Å². The molecular formula is C15H16N4O4. The van der Waals surface area contributed by atoms with Crippen LogP contribution in [0, 0.1) is 0 Å². The first kappa shape index (κ1) is 16.6. The molecule has 0 fully saturated rings. The fourth-order valence-electron chi connectivity index (χ4n) is 2.13. The number of aliphatic hydroxyl groups is 2. The summed E-state index contributed by atoms with van der Waals surface area (Å²) in [7, 11) is 0. The van der Waals surface area contributed by atoms with Gasteiger partial charge in [0.25, 0.3) is 5.91 Å². The van der Waals surface area contributed by atoms with Crippen LogP contribution in [-0.4, -0.2) is 47.3 Å². The second-order valence-electron chi connectivity index (χ2n) is 4.61. The third kappa shape index (κ3) is 3.89. The van der Waals surface area contributed by atoms with Gasteiger partial charge in [0.2, 0.25) is 0 Å². The number of aliphatic hydroxyl groups excluding tert-OH is 2. The van der Waals surface area contributed by atoms with Gasteiger partial charge in [-0.05, 0) is 17.7 Å². The molecule has 0 unspecified atom stereocenters. The normalized spacial score (nSPS) is 10.2. The van der Waals surface area contributed by atoms with Gasteiger partial charge in [-0.15, -0.1) is 0 Å². The SMILES string of the molecule is [N-]=[N+]=Nc1ccccc1-c1ccc(C(=O)N(CCO)CCO)o1. The number of carbonyl (C=O) groups excluding carboxylic acids is 1. The highest BCUT2D eigenvalue weighted by Gasteiger charge is 2.19. The first-order chi connectivity index (χ1) is 11.2. The molecule has 0 aliphatic heterocycles. The highest BCUT2D eigenvalue weighted by atomic mass is 16.4. The van der Waals surface area contributed by atoms with E-state index in [1.54, 1.807) is 30.3 Å². The van der Waals surface area contributed by atoms with Crippen molar-refractivity contribution in [1.29, 1.82) is 0 Å². The summed E-state index contributed by atoms with van der Waals surface area (Å²) >= 11 is 0. The Morgan fingerprint density at radius 1 is 1.17 bits per heavy atom. The van der Waals surface area contributed by atoms with E-state index in [-0.39, 0.29) is 32.1 Å². The molecular weight excluding hydrogens is 300 g/mol. The van der Waals surface area contributed by atoms with Gasteiger partial charge < -0.3 is 19.5 Å². The standard InChI is InChI=1S/C15H16N4O4/c16-18-17-12-4-2-1-3-11(12)13-5-6-14(23-13)15(22)19(7-9-20)8-10-21/h1-6,20-21H,7-10H2. The third-order valence-electron chi connectivity index (χ3n) is 3.17. The van der Waals surface area contributed by atoms with Gasteiger partial charge in [-0.2, -0.15) is 0 Å². The lowest BCUT2D eigenvalue weighted by molar-refractivity contribution is 0.0654. The van der Waals surface area contributed by atoms with E-state index >= 15 is 0 Å². The summed E-state index contributed by atoms with van der Waals surface area (Å²) in [5, 5.41) is 21.6. The van der Waals surface area contributed by atoms with Crippen LogP contribution in [-0.2, 0) is 0 Å². The molecule has 1 amide bonds. The maximum atomic E-state index is 12.3. The smallest absolute Gasteiger partial charge is 0.289 e. The van der Waals surface area contributed by atoms with Crippen molar-refractivity contribution in [2.75, 3.05) is 26.3 Å². The van der Waals surface area contributed by atoms with Crippen LogP contribution < -0.4 is 0 Å². The van der Waals surface area contributed by atoms with Gasteiger partial charge in [0.1, 0.15) is 5.76 Å². The van der Waals surface area contributed by atoms with Crippen molar-refractivity contribution < 1.29 is 19.4 Å².